The Morgan fingerprint density at radius 3 is 2.40 bits per heavy atom. The molecule has 1 aliphatic rings. The third kappa shape index (κ3) is 4.24. The largest absolute Gasteiger partial charge is 0.345 e. The molecule has 4 rings (SSSR count). The van der Waals surface area contributed by atoms with Crippen molar-refractivity contribution < 1.29 is 14.4 Å². The quantitative estimate of drug-likeness (QED) is 0.487. The van der Waals surface area contributed by atoms with Crippen LogP contribution in [-0.4, -0.2) is 40.2 Å². The number of likely N-dealkylation sites (tertiary alicyclic amines) is 1. The molecule has 2 heterocycles. The fourth-order valence-electron chi connectivity index (χ4n) is 3.76. The predicted octanol–water partition coefficient (Wildman–Crippen LogP) is 3.42. The average Bonchev–Trinajstić information content (AvgIpc) is 3.42. The number of hydrogen-bond acceptors (Lipinski definition) is 3. The van der Waals surface area contributed by atoms with Gasteiger partial charge in [-0.3, -0.25) is 14.4 Å². The summed E-state index contributed by atoms with van der Waals surface area (Å²) < 4.78 is 1.76. The van der Waals surface area contributed by atoms with E-state index in [1.807, 2.05) is 23.1 Å². The van der Waals surface area contributed by atoms with E-state index in [-0.39, 0.29) is 19.0 Å². The highest BCUT2D eigenvalue weighted by Gasteiger charge is 2.23. The molecule has 1 N–H and O–H groups in total. The van der Waals surface area contributed by atoms with E-state index in [4.69, 9.17) is 11.6 Å². The summed E-state index contributed by atoms with van der Waals surface area (Å²) in [5.74, 6) is -1.27. The van der Waals surface area contributed by atoms with Crippen molar-refractivity contribution in [3.05, 3.63) is 70.9 Å². The molecule has 0 unspecified atom stereocenters. The van der Waals surface area contributed by atoms with Gasteiger partial charge in [-0.05, 0) is 36.6 Å². The van der Waals surface area contributed by atoms with Gasteiger partial charge < -0.3 is 14.8 Å². The fraction of sp³-hybridized carbons (Fsp3) is 0.261. The van der Waals surface area contributed by atoms with Crippen LogP contribution in [0.1, 0.15) is 28.8 Å². The minimum absolute atomic E-state index is 0.0273. The van der Waals surface area contributed by atoms with E-state index in [1.165, 1.54) is 0 Å². The van der Waals surface area contributed by atoms with E-state index < -0.39 is 11.7 Å². The molecule has 154 valence electrons. The summed E-state index contributed by atoms with van der Waals surface area (Å²) in [6.45, 7) is 1.93. The Balaban J connectivity index is 1.52. The van der Waals surface area contributed by atoms with E-state index in [0.717, 1.165) is 37.0 Å². The molecular formula is C23H22ClN3O3. The number of benzene rings is 2. The van der Waals surface area contributed by atoms with Crippen LogP contribution in [0, 0.1) is 0 Å². The fourth-order valence-corrected chi connectivity index (χ4v) is 3.88. The monoisotopic (exact) mass is 423 g/mol. The van der Waals surface area contributed by atoms with E-state index in [0.29, 0.717) is 16.0 Å². The molecule has 0 bridgehead atoms. The van der Waals surface area contributed by atoms with Crippen molar-refractivity contribution in [2.75, 3.05) is 13.1 Å². The van der Waals surface area contributed by atoms with Gasteiger partial charge in [-0.15, -0.1) is 0 Å². The number of carbonyl (C=O) groups excluding carboxylic acids is 3. The van der Waals surface area contributed by atoms with E-state index in [9.17, 15) is 14.4 Å². The first-order valence-corrected chi connectivity index (χ1v) is 10.3. The minimum Gasteiger partial charge on any atom is -0.345 e. The van der Waals surface area contributed by atoms with Gasteiger partial charge in [0.05, 0.1) is 5.56 Å². The SMILES string of the molecule is O=C(NCc1ccc(Cl)cc1)C(=O)c1cn(CC(=O)N2CCCC2)c2ccccc12. The lowest BCUT2D eigenvalue weighted by atomic mass is 10.1. The van der Waals surface area contributed by atoms with E-state index in [1.54, 1.807) is 41.1 Å². The van der Waals surface area contributed by atoms with Crippen LogP contribution in [0.15, 0.2) is 54.7 Å². The molecule has 1 saturated heterocycles. The second-order valence-corrected chi connectivity index (χ2v) is 7.85. The van der Waals surface area contributed by atoms with Gasteiger partial charge in [0.15, 0.2) is 0 Å². The van der Waals surface area contributed by atoms with Crippen LogP contribution in [0.4, 0.5) is 0 Å². The normalized spacial score (nSPS) is 13.6. The summed E-state index contributed by atoms with van der Waals surface area (Å²) in [4.78, 5) is 39.8. The molecule has 30 heavy (non-hydrogen) atoms. The molecule has 2 amide bonds. The first kappa shape index (κ1) is 20.2. The number of amides is 2. The topological polar surface area (TPSA) is 71.4 Å². The zero-order valence-corrected chi connectivity index (χ0v) is 17.2. The molecule has 1 aliphatic heterocycles. The van der Waals surface area contributed by atoms with Crippen LogP contribution in [0.5, 0.6) is 0 Å². The van der Waals surface area contributed by atoms with Crippen molar-refractivity contribution in [1.82, 2.24) is 14.8 Å². The first-order valence-electron chi connectivity index (χ1n) is 9.95. The number of hydrogen-bond donors (Lipinski definition) is 1. The summed E-state index contributed by atoms with van der Waals surface area (Å²) in [6, 6.07) is 14.4. The van der Waals surface area contributed by atoms with Gasteiger partial charge in [-0.25, -0.2) is 0 Å². The van der Waals surface area contributed by atoms with Crippen molar-refractivity contribution in [2.24, 2.45) is 0 Å². The average molecular weight is 424 g/mol. The van der Waals surface area contributed by atoms with Crippen LogP contribution < -0.4 is 5.32 Å². The second-order valence-electron chi connectivity index (χ2n) is 7.41. The Morgan fingerprint density at radius 2 is 1.67 bits per heavy atom. The number of aromatic nitrogens is 1. The summed E-state index contributed by atoms with van der Waals surface area (Å²) in [6.07, 6.45) is 3.66. The number of Topliss-reactive ketones (excluding diaryl/α,β-unsaturated/α-hetero) is 1. The molecule has 0 radical (unpaired) electrons. The Morgan fingerprint density at radius 1 is 0.967 bits per heavy atom. The standard InChI is InChI=1S/C23H22ClN3O3/c24-17-9-7-16(8-10-17)13-25-23(30)22(29)19-14-27(20-6-2-1-5-18(19)20)15-21(28)26-11-3-4-12-26/h1-2,5-10,14H,3-4,11-13,15H2,(H,25,30). The molecular weight excluding hydrogens is 402 g/mol. The van der Waals surface area contributed by atoms with Gasteiger partial charge >= 0.3 is 0 Å². The Hall–Kier alpha value is -3.12. The van der Waals surface area contributed by atoms with Crippen LogP contribution in [0.25, 0.3) is 10.9 Å². The number of halogens is 1. The summed E-state index contributed by atoms with van der Waals surface area (Å²) in [5, 5.41) is 3.93. The molecule has 0 spiro atoms. The van der Waals surface area contributed by atoms with Gasteiger partial charge in [-0.2, -0.15) is 0 Å². The molecule has 3 aromatic rings. The maximum atomic E-state index is 12.8. The molecule has 7 heteroatoms. The highest BCUT2D eigenvalue weighted by molar-refractivity contribution is 6.45. The molecule has 0 saturated carbocycles. The second kappa shape index (κ2) is 8.71. The van der Waals surface area contributed by atoms with Gasteiger partial charge in [0.2, 0.25) is 5.91 Å². The van der Waals surface area contributed by atoms with E-state index >= 15 is 0 Å². The lowest BCUT2D eigenvalue weighted by molar-refractivity contribution is -0.130. The van der Waals surface area contributed by atoms with Crippen LogP contribution in [0.3, 0.4) is 0 Å². The maximum Gasteiger partial charge on any atom is 0.292 e. The van der Waals surface area contributed by atoms with Crippen molar-refractivity contribution in [3.63, 3.8) is 0 Å². The number of nitrogens with zero attached hydrogens (tertiary/aromatic N) is 2. The molecule has 2 aromatic carbocycles. The van der Waals surface area contributed by atoms with Crippen LogP contribution in [0.2, 0.25) is 5.02 Å². The van der Waals surface area contributed by atoms with Gasteiger partial charge in [-0.1, -0.05) is 41.9 Å². The van der Waals surface area contributed by atoms with Crippen molar-refractivity contribution in [3.8, 4) is 0 Å². The number of carbonyl (C=O) groups is 3. The Bertz CT molecular complexity index is 1100. The zero-order chi connectivity index (χ0) is 21.1. The van der Waals surface area contributed by atoms with Crippen molar-refractivity contribution >= 4 is 40.1 Å². The molecule has 1 fully saturated rings. The number of para-hydroxylation sites is 1. The van der Waals surface area contributed by atoms with Crippen molar-refractivity contribution in [2.45, 2.75) is 25.9 Å². The summed E-state index contributed by atoms with van der Waals surface area (Å²) in [7, 11) is 0. The molecule has 1 aromatic heterocycles. The number of ketones is 1. The van der Waals surface area contributed by atoms with Gasteiger partial charge in [0.25, 0.3) is 11.7 Å². The lowest BCUT2D eigenvalue weighted by Gasteiger charge is -2.15. The Labute approximate surface area is 179 Å². The number of nitrogens with one attached hydrogen (secondary N) is 1. The first-order chi connectivity index (χ1) is 14.5. The van der Waals surface area contributed by atoms with E-state index in [2.05, 4.69) is 5.32 Å². The zero-order valence-electron chi connectivity index (χ0n) is 16.4. The van der Waals surface area contributed by atoms with Gasteiger partial charge in [0.1, 0.15) is 6.54 Å². The Kier molecular flexibility index (Phi) is 5.86. The van der Waals surface area contributed by atoms with Crippen LogP contribution >= 0.6 is 11.6 Å². The number of rotatable bonds is 6. The minimum atomic E-state index is -0.682. The molecule has 0 atom stereocenters. The van der Waals surface area contributed by atoms with Crippen molar-refractivity contribution in [1.29, 1.82) is 0 Å². The predicted molar refractivity (Wildman–Crippen MR) is 115 cm³/mol. The molecule has 6 nitrogen and oxygen atoms in total. The van der Waals surface area contributed by atoms with Crippen LogP contribution in [-0.2, 0) is 22.7 Å². The smallest absolute Gasteiger partial charge is 0.292 e. The highest BCUT2D eigenvalue weighted by atomic mass is 35.5. The lowest BCUT2D eigenvalue weighted by Crippen LogP contribution is -2.31. The highest BCUT2D eigenvalue weighted by Crippen LogP contribution is 2.23. The maximum absolute atomic E-state index is 12.8. The summed E-state index contributed by atoms with van der Waals surface area (Å²) in [5.41, 5.74) is 1.91. The number of fused-ring (bicyclic) bond motifs is 1. The third-order valence-electron chi connectivity index (χ3n) is 5.37. The van der Waals surface area contributed by atoms with Gasteiger partial charge in [0, 0.05) is 41.8 Å². The summed E-state index contributed by atoms with van der Waals surface area (Å²) >= 11 is 5.87. The molecule has 0 aliphatic carbocycles. The third-order valence-corrected chi connectivity index (χ3v) is 5.62.